The molecule has 3 aromatic rings. The molecule has 0 saturated heterocycles. The molecule has 0 saturated carbocycles. The van der Waals surface area contributed by atoms with Crippen molar-refractivity contribution in [1.82, 2.24) is 5.16 Å². The van der Waals surface area contributed by atoms with Crippen LogP contribution in [0.2, 0.25) is 0 Å². The molecule has 2 aromatic heterocycles. The van der Waals surface area contributed by atoms with Gasteiger partial charge in [-0.25, -0.2) is 0 Å². The van der Waals surface area contributed by atoms with Gasteiger partial charge in [0.1, 0.15) is 17.2 Å². The Labute approximate surface area is 124 Å². The average Bonchev–Trinajstić information content (AvgIpc) is 2.93. The standard InChI is InChI=1S/C15H13BrN2O2/c1-8-7-12(9(2)19-8)14-13(15(17)20-18-14)10-3-5-11(16)6-4-10/h3-7H,17H2,1-2H3. The number of nitrogen functional groups attached to an aromatic ring is 1. The Morgan fingerprint density at radius 3 is 2.45 bits per heavy atom. The molecule has 2 heterocycles. The summed E-state index contributed by atoms with van der Waals surface area (Å²) in [5, 5.41) is 4.09. The summed E-state index contributed by atoms with van der Waals surface area (Å²) in [4.78, 5) is 0. The zero-order valence-electron chi connectivity index (χ0n) is 11.1. The minimum absolute atomic E-state index is 0.306. The van der Waals surface area contributed by atoms with E-state index < -0.39 is 0 Å². The molecular weight excluding hydrogens is 320 g/mol. The van der Waals surface area contributed by atoms with Crippen LogP contribution in [0.3, 0.4) is 0 Å². The fourth-order valence-electron chi connectivity index (χ4n) is 2.25. The van der Waals surface area contributed by atoms with Gasteiger partial charge in [-0.2, -0.15) is 0 Å². The summed E-state index contributed by atoms with van der Waals surface area (Å²) in [6, 6.07) is 9.80. The fourth-order valence-corrected chi connectivity index (χ4v) is 2.51. The third-order valence-electron chi connectivity index (χ3n) is 3.15. The third-order valence-corrected chi connectivity index (χ3v) is 3.68. The number of hydrogen-bond acceptors (Lipinski definition) is 4. The van der Waals surface area contributed by atoms with Gasteiger partial charge in [-0.1, -0.05) is 33.2 Å². The van der Waals surface area contributed by atoms with Gasteiger partial charge in [0.05, 0.1) is 5.56 Å². The summed E-state index contributed by atoms with van der Waals surface area (Å²) in [5.41, 5.74) is 9.30. The van der Waals surface area contributed by atoms with Crippen LogP contribution in [0.5, 0.6) is 0 Å². The van der Waals surface area contributed by atoms with Crippen LogP contribution in [-0.4, -0.2) is 5.16 Å². The Bertz CT molecular complexity index is 757. The lowest BCUT2D eigenvalue weighted by Gasteiger charge is -2.02. The number of benzene rings is 1. The van der Waals surface area contributed by atoms with Gasteiger partial charge in [-0.3, -0.25) is 0 Å². The van der Waals surface area contributed by atoms with Crippen LogP contribution >= 0.6 is 15.9 Å². The van der Waals surface area contributed by atoms with Crippen LogP contribution in [0.25, 0.3) is 22.4 Å². The van der Waals surface area contributed by atoms with Crippen molar-refractivity contribution in [3.05, 3.63) is 46.3 Å². The van der Waals surface area contributed by atoms with Crippen molar-refractivity contribution in [2.75, 3.05) is 5.73 Å². The van der Waals surface area contributed by atoms with E-state index in [4.69, 9.17) is 14.7 Å². The highest BCUT2D eigenvalue weighted by atomic mass is 79.9. The van der Waals surface area contributed by atoms with Gasteiger partial charge in [0, 0.05) is 10.0 Å². The van der Waals surface area contributed by atoms with Crippen molar-refractivity contribution in [3.8, 4) is 22.4 Å². The Morgan fingerprint density at radius 1 is 1.15 bits per heavy atom. The lowest BCUT2D eigenvalue weighted by atomic mass is 10.0. The van der Waals surface area contributed by atoms with E-state index in [1.165, 1.54) is 0 Å². The van der Waals surface area contributed by atoms with E-state index in [2.05, 4.69) is 21.1 Å². The number of halogens is 1. The molecule has 0 fully saturated rings. The Kier molecular flexibility index (Phi) is 3.14. The van der Waals surface area contributed by atoms with Gasteiger partial charge in [-0.05, 0) is 37.6 Å². The molecule has 0 atom stereocenters. The number of anilines is 1. The monoisotopic (exact) mass is 332 g/mol. The molecule has 2 N–H and O–H groups in total. The zero-order chi connectivity index (χ0) is 14.3. The molecule has 1 aromatic carbocycles. The largest absolute Gasteiger partial charge is 0.466 e. The van der Waals surface area contributed by atoms with E-state index in [-0.39, 0.29) is 0 Å². The second kappa shape index (κ2) is 4.83. The molecule has 5 heteroatoms. The van der Waals surface area contributed by atoms with Gasteiger partial charge in [0.15, 0.2) is 0 Å². The van der Waals surface area contributed by atoms with E-state index in [0.29, 0.717) is 11.6 Å². The van der Waals surface area contributed by atoms with Crippen LogP contribution in [-0.2, 0) is 0 Å². The fraction of sp³-hybridized carbons (Fsp3) is 0.133. The van der Waals surface area contributed by atoms with Crippen LogP contribution in [0.4, 0.5) is 5.88 Å². The lowest BCUT2D eigenvalue weighted by Crippen LogP contribution is -1.87. The number of nitrogens with two attached hydrogens (primary N) is 1. The molecule has 4 nitrogen and oxygen atoms in total. The summed E-state index contributed by atoms with van der Waals surface area (Å²) in [7, 11) is 0. The molecule has 0 aliphatic heterocycles. The second-order valence-corrected chi connectivity index (χ2v) is 5.52. The van der Waals surface area contributed by atoms with Gasteiger partial charge in [0.25, 0.3) is 0 Å². The number of rotatable bonds is 2. The minimum atomic E-state index is 0.306. The predicted octanol–water partition coefficient (Wildman–Crippen LogP) is 4.56. The highest BCUT2D eigenvalue weighted by Crippen LogP contribution is 2.38. The molecule has 3 rings (SSSR count). The first-order valence-electron chi connectivity index (χ1n) is 6.14. The summed E-state index contributed by atoms with van der Waals surface area (Å²) in [6.07, 6.45) is 0. The first-order chi connectivity index (χ1) is 9.56. The van der Waals surface area contributed by atoms with Crippen LogP contribution < -0.4 is 5.73 Å². The predicted molar refractivity (Wildman–Crippen MR) is 81.2 cm³/mol. The molecule has 0 spiro atoms. The van der Waals surface area contributed by atoms with E-state index >= 15 is 0 Å². The van der Waals surface area contributed by atoms with Crippen molar-refractivity contribution in [2.24, 2.45) is 0 Å². The second-order valence-electron chi connectivity index (χ2n) is 4.60. The Morgan fingerprint density at radius 2 is 1.85 bits per heavy atom. The van der Waals surface area contributed by atoms with Crippen molar-refractivity contribution in [3.63, 3.8) is 0 Å². The third kappa shape index (κ3) is 2.14. The molecule has 0 aliphatic rings. The SMILES string of the molecule is Cc1cc(-c2noc(N)c2-c2ccc(Br)cc2)c(C)o1. The minimum Gasteiger partial charge on any atom is -0.466 e. The van der Waals surface area contributed by atoms with Crippen molar-refractivity contribution in [2.45, 2.75) is 13.8 Å². The van der Waals surface area contributed by atoms with Gasteiger partial charge in [0.2, 0.25) is 5.88 Å². The number of aromatic nitrogens is 1. The summed E-state index contributed by atoms with van der Waals surface area (Å²) in [5.74, 6) is 1.94. The maximum Gasteiger partial charge on any atom is 0.230 e. The molecule has 0 aliphatic carbocycles. The quantitative estimate of drug-likeness (QED) is 0.746. The zero-order valence-corrected chi connectivity index (χ0v) is 12.7. The van der Waals surface area contributed by atoms with Crippen molar-refractivity contribution >= 4 is 21.8 Å². The molecule has 0 radical (unpaired) electrons. The number of furan rings is 1. The highest BCUT2D eigenvalue weighted by molar-refractivity contribution is 9.10. The van der Waals surface area contributed by atoms with Crippen LogP contribution in [0, 0.1) is 13.8 Å². The first kappa shape index (κ1) is 13.0. The summed E-state index contributed by atoms with van der Waals surface area (Å²) < 4.78 is 11.7. The van der Waals surface area contributed by atoms with Gasteiger partial charge in [-0.15, -0.1) is 0 Å². The van der Waals surface area contributed by atoms with Crippen LogP contribution in [0.15, 0.2) is 43.7 Å². The van der Waals surface area contributed by atoms with Crippen LogP contribution in [0.1, 0.15) is 11.5 Å². The lowest BCUT2D eigenvalue weighted by molar-refractivity contribution is 0.439. The van der Waals surface area contributed by atoms with Crippen molar-refractivity contribution < 1.29 is 8.94 Å². The molecule has 0 amide bonds. The average molecular weight is 333 g/mol. The van der Waals surface area contributed by atoms with Gasteiger partial charge < -0.3 is 14.7 Å². The first-order valence-corrected chi connectivity index (χ1v) is 6.94. The maximum absolute atomic E-state index is 5.93. The molecule has 0 unspecified atom stereocenters. The van der Waals surface area contributed by atoms with E-state index in [9.17, 15) is 0 Å². The number of nitrogens with zero attached hydrogens (tertiary/aromatic N) is 1. The molecule has 0 bridgehead atoms. The maximum atomic E-state index is 5.93. The molecule has 20 heavy (non-hydrogen) atoms. The van der Waals surface area contributed by atoms with Gasteiger partial charge >= 0.3 is 0 Å². The van der Waals surface area contributed by atoms with Crippen molar-refractivity contribution in [1.29, 1.82) is 0 Å². The highest BCUT2D eigenvalue weighted by Gasteiger charge is 2.20. The summed E-state index contributed by atoms with van der Waals surface area (Å²) in [6.45, 7) is 3.80. The van der Waals surface area contributed by atoms with E-state index in [1.807, 2.05) is 44.2 Å². The summed E-state index contributed by atoms with van der Waals surface area (Å²) >= 11 is 3.42. The topological polar surface area (TPSA) is 65.2 Å². The number of aryl methyl sites for hydroxylation is 2. The Balaban J connectivity index is 2.19. The van der Waals surface area contributed by atoms with E-state index in [1.54, 1.807) is 0 Å². The molecule has 102 valence electrons. The smallest absolute Gasteiger partial charge is 0.230 e. The Hall–Kier alpha value is -2.01. The molecular formula is C15H13BrN2O2. The normalized spacial score (nSPS) is 10.9. The number of hydrogen-bond donors (Lipinski definition) is 1. The van der Waals surface area contributed by atoms with E-state index in [0.717, 1.165) is 32.7 Å².